The average Bonchev–Trinajstić information content (AvgIpc) is 2.41. The largest absolute Gasteiger partial charge is 0.320 e. The number of halogens is 1. The fourth-order valence-corrected chi connectivity index (χ4v) is 2.17. The number of carbonyl (C=O) groups is 1. The van der Waals surface area contributed by atoms with Gasteiger partial charge in [-0.1, -0.05) is 25.4 Å². The SMILES string of the molecule is Cc1ccc(NC(=O)c2cc(Cl)nc(C(C)C)c2)c(C)n1. The Labute approximate surface area is 129 Å². The number of carbonyl (C=O) groups excluding carboxylic acids is 1. The quantitative estimate of drug-likeness (QED) is 0.868. The molecule has 0 radical (unpaired) electrons. The van der Waals surface area contributed by atoms with Gasteiger partial charge < -0.3 is 5.32 Å². The lowest BCUT2D eigenvalue weighted by molar-refractivity contribution is 0.102. The van der Waals surface area contributed by atoms with Crippen LogP contribution < -0.4 is 5.32 Å². The van der Waals surface area contributed by atoms with Gasteiger partial charge in [0.15, 0.2) is 0 Å². The van der Waals surface area contributed by atoms with E-state index in [9.17, 15) is 4.79 Å². The van der Waals surface area contributed by atoms with Crippen molar-refractivity contribution in [3.63, 3.8) is 0 Å². The summed E-state index contributed by atoms with van der Waals surface area (Å²) < 4.78 is 0. The highest BCUT2D eigenvalue weighted by Crippen LogP contribution is 2.19. The lowest BCUT2D eigenvalue weighted by Crippen LogP contribution is -2.14. The maximum absolute atomic E-state index is 12.4. The number of nitrogens with one attached hydrogen (secondary N) is 1. The van der Waals surface area contributed by atoms with Crippen molar-refractivity contribution in [1.82, 2.24) is 9.97 Å². The minimum Gasteiger partial charge on any atom is -0.320 e. The Morgan fingerprint density at radius 1 is 1.19 bits per heavy atom. The monoisotopic (exact) mass is 303 g/mol. The number of anilines is 1. The summed E-state index contributed by atoms with van der Waals surface area (Å²) >= 11 is 5.99. The molecule has 2 rings (SSSR count). The molecule has 0 aromatic carbocycles. The molecule has 0 spiro atoms. The summed E-state index contributed by atoms with van der Waals surface area (Å²) in [6.45, 7) is 7.79. The van der Waals surface area contributed by atoms with Crippen LogP contribution in [0, 0.1) is 13.8 Å². The van der Waals surface area contributed by atoms with Gasteiger partial charge in [0.2, 0.25) is 0 Å². The van der Waals surface area contributed by atoms with Crippen LogP contribution in [0.15, 0.2) is 24.3 Å². The Kier molecular flexibility index (Phi) is 4.58. The average molecular weight is 304 g/mol. The summed E-state index contributed by atoms with van der Waals surface area (Å²) in [5.74, 6) is -0.00650. The summed E-state index contributed by atoms with van der Waals surface area (Å²) in [6.07, 6.45) is 0. The molecule has 2 aromatic heterocycles. The summed E-state index contributed by atoms with van der Waals surface area (Å²) in [7, 11) is 0. The van der Waals surface area contributed by atoms with Crippen LogP contribution in [0.5, 0.6) is 0 Å². The Morgan fingerprint density at radius 2 is 1.90 bits per heavy atom. The molecule has 0 atom stereocenters. The standard InChI is InChI=1S/C16H18ClN3O/c1-9(2)14-7-12(8-15(17)19-14)16(21)20-13-6-5-10(3)18-11(13)4/h5-9H,1-4H3,(H,20,21). The van der Waals surface area contributed by atoms with Gasteiger partial charge in [0.05, 0.1) is 11.4 Å². The molecule has 4 nitrogen and oxygen atoms in total. The summed E-state index contributed by atoms with van der Waals surface area (Å²) in [4.78, 5) is 20.9. The van der Waals surface area contributed by atoms with Crippen molar-refractivity contribution in [3.8, 4) is 0 Å². The van der Waals surface area contributed by atoms with Gasteiger partial charge in [0.1, 0.15) is 5.15 Å². The van der Waals surface area contributed by atoms with Crippen molar-refractivity contribution in [2.24, 2.45) is 0 Å². The summed E-state index contributed by atoms with van der Waals surface area (Å²) in [5.41, 5.74) is 3.70. The molecule has 0 saturated carbocycles. The molecule has 2 aromatic rings. The predicted molar refractivity (Wildman–Crippen MR) is 85.0 cm³/mol. The molecule has 0 bridgehead atoms. The first-order valence-corrected chi connectivity index (χ1v) is 7.17. The molecular weight excluding hydrogens is 286 g/mol. The smallest absolute Gasteiger partial charge is 0.255 e. The van der Waals surface area contributed by atoms with E-state index in [0.29, 0.717) is 16.4 Å². The van der Waals surface area contributed by atoms with Crippen molar-refractivity contribution in [2.75, 3.05) is 5.32 Å². The highest BCUT2D eigenvalue weighted by atomic mass is 35.5. The number of nitrogens with zero attached hydrogens (tertiary/aromatic N) is 2. The van der Waals surface area contributed by atoms with Crippen LogP contribution in [-0.4, -0.2) is 15.9 Å². The first-order valence-electron chi connectivity index (χ1n) is 6.80. The number of hydrogen-bond donors (Lipinski definition) is 1. The Hall–Kier alpha value is -1.94. The van der Waals surface area contributed by atoms with Gasteiger partial charge in [-0.25, -0.2) is 4.98 Å². The second kappa shape index (κ2) is 6.22. The first-order chi connectivity index (χ1) is 9.86. The molecule has 0 aliphatic heterocycles. The molecule has 1 N–H and O–H groups in total. The maximum atomic E-state index is 12.4. The van der Waals surface area contributed by atoms with E-state index in [4.69, 9.17) is 11.6 Å². The highest BCUT2D eigenvalue weighted by Gasteiger charge is 2.12. The third-order valence-corrected chi connectivity index (χ3v) is 3.33. The minimum atomic E-state index is -0.213. The van der Waals surface area contributed by atoms with Crippen molar-refractivity contribution in [3.05, 3.63) is 52.1 Å². The number of hydrogen-bond acceptors (Lipinski definition) is 3. The molecule has 0 saturated heterocycles. The number of amides is 1. The number of rotatable bonds is 3. The topological polar surface area (TPSA) is 54.9 Å². The van der Waals surface area contributed by atoms with Crippen LogP contribution in [0.1, 0.15) is 47.2 Å². The molecule has 0 aliphatic rings. The molecule has 0 aliphatic carbocycles. The third kappa shape index (κ3) is 3.79. The van der Waals surface area contributed by atoms with E-state index in [1.807, 2.05) is 39.8 Å². The van der Waals surface area contributed by atoms with E-state index in [1.54, 1.807) is 12.1 Å². The van der Waals surface area contributed by atoms with Crippen molar-refractivity contribution < 1.29 is 4.79 Å². The van der Waals surface area contributed by atoms with E-state index in [0.717, 1.165) is 17.1 Å². The van der Waals surface area contributed by atoms with Crippen LogP contribution in [0.3, 0.4) is 0 Å². The van der Waals surface area contributed by atoms with Crippen molar-refractivity contribution >= 4 is 23.2 Å². The molecular formula is C16H18ClN3O. The lowest BCUT2D eigenvalue weighted by atomic mass is 10.1. The van der Waals surface area contributed by atoms with Crippen LogP contribution in [0.2, 0.25) is 5.15 Å². The number of aromatic nitrogens is 2. The Bertz CT molecular complexity index is 683. The van der Waals surface area contributed by atoms with Gasteiger partial charge in [0.25, 0.3) is 5.91 Å². The van der Waals surface area contributed by atoms with Gasteiger partial charge in [-0.05, 0) is 44.0 Å². The van der Waals surface area contributed by atoms with Crippen molar-refractivity contribution in [2.45, 2.75) is 33.6 Å². The molecule has 0 unspecified atom stereocenters. The van der Waals surface area contributed by atoms with Crippen LogP contribution in [0.25, 0.3) is 0 Å². The van der Waals surface area contributed by atoms with Crippen LogP contribution >= 0.6 is 11.6 Å². The minimum absolute atomic E-state index is 0.207. The molecule has 1 amide bonds. The van der Waals surface area contributed by atoms with Crippen molar-refractivity contribution in [1.29, 1.82) is 0 Å². The zero-order chi connectivity index (χ0) is 15.6. The molecule has 2 heterocycles. The zero-order valence-corrected chi connectivity index (χ0v) is 13.3. The van der Waals surface area contributed by atoms with Crippen LogP contribution in [0.4, 0.5) is 5.69 Å². The molecule has 110 valence electrons. The van der Waals surface area contributed by atoms with Gasteiger partial charge in [0, 0.05) is 17.0 Å². The Balaban J connectivity index is 2.28. The fourth-order valence-electron chi connectivity index (χ4n) is 1.96. The van der Waals surface area contributed by atoms with Gasteiger partial charge in [-0.2, -0.15) is 0 Å². The third-order valence-electron chi connectivity index (χ3n) is 3.14. The first kappa shape index (κ1) is 15.4. The fraction of sp³-hybridized carbons (Fsp3) is 0.312. The molecule has 5 heteroatoms. The van der Waals surface area contributed by atoms with Gasteiger partial charge >= 0.3 is 0 Å². The summed E-state index contributed by atoms with van der Waals surface area (Å²) in [5, 5.41) is 3.18. The normalized spacial score (nSPS) is 10.8. The van der Waals surface area contributed by atoms with E-state index < -0.39 is 0 Å². The van der Waals surface area contributed by atoms with E-state index >= 15 is 0 Å². The second-order valence-corrected chi connectivity index (χ2v) is 5.69. The Morgan fingerprint density at radius 3 is 2.52 bits per heavy atom. The van der Waals surface area contributed by atoms with Gasteiger partial charge in [-0.3, -0.25) is 9.78 Å². The van der Waals surface area contributed by atoms with E-state index in [-0.39, 0.29) is 11.8 Å². The molecule has 21 heavy (non-hydrogen) atoms. The van der Waals surface area contributed by atoms with Gasteiger partial charge in [-0.15, -0.1) is 0 Å². The second-order valence-electron chi connectivity index (χ2n) is 5.30. The molecule has 0 fully saturated rings. The van der Waals surface area contributed by atoms with E-state index in [2.05, 4.69) is 15.3 Å². The van der Waals surface area contributed by atoms with Crippen LogP contribution in [-0.2, 0) is 0 Å². The highest BCUT2D eigenvalue weighted by molar-refractivity contribution is 6.29. The predicted octanol–water partition coefficient (Wildman–Crippen LogP) is 4.12. The summed E-state index contributed by atoms with van der Waals surface area (Å²) in [6, 6.07) is 7.05. The van der Waals surface area contributed by atoms with E-state index in [1.165, 1.54) is 0 Å². The zero-order valence-electron chi connectivity index (χ0n) is 12.6. The maximum Gasteiger partial charge on any atom is 0.255 e. The number of aryl methyl sites for hydroxylation is 2. The lowest BCUT2D eigenvalue weighted by Gasteiger charge is -2.11. The number of pyridine rings is 2.